The maximum absolute atomic E-state index is 12.2. The molecule has 1 rings (SSSR count). The Morgan fingerprint density at radius 3 is 2.25 bits per heavy atom. The third-order valence-corrected chi connectivity index (χ3v) is 4.54. The molecule has 8 heteroatoms. The van der Waals surface area contributed by atoms with Gasteiger partial charge < -0.3 is 0 Å². The average molecular weight is 365 g/mol. The molecule has 112 valence electrons. The zero-order valence-electron chi connectivity index (χ0n) is 11.4. The maximum Gasteiger partial charge on any atom is 0.261 e. The molecule has 0 unspecified atom stereocenters. The van der Waals surface area contributed by atoms with E-state index in [0.29, 0.717) is 0 Å². The van der Waals surface area contributed by atoms with E-state index in [-0.39, 0.29) is 10.8 Å². The summed E-state index contributed by atoms with van der Waals surface area (Å²) in [5, 5.41) is 0. The van der Waals surface area contributed by atoms with Crippen molar-refractivity contribution in [2.45, 2.75) is 24.8 Å². The van der Waals surface area contributed by atoms with Crippen molar-refractivity contribution < 1.29 is 18.0 Å². The van der Waals surface area contributed by atoms with E-state index in [4.69, 9.17) is 0 Å². The van der Waals surface area contributed by atoms with Gasteiger partial charge in [0.15, 0.2) is 0 Å². The minimum Gasteiger partial charge on any atom is -0.277 e. The molecule has 0 bridgehead atoms. The molecule has 0 spiro atoms. The first kappa shape index (κ1) is 17.1. The number of hydrogen-bond donors (Lipinski definition) is 2. The summed E-state index contributed by atoms with van der Waals surface area (Å²) >= 11 is 3.23. The second-order valence-corrected chi connectivity index (χ2v) is 7.10. The van der Waals surface area contributed by atoms with Crippen LogP contribution in [0.1, 0.15) is 13.8 Å². The zero-order chi connectivity index (χ0) is 15.3. The Kier molecular flexibility index (Phi) is 6.12. The normalized spacial score (nSPS) is 13.2. The summed E-state index contributed by atoms with van der Waals surface area (Å²) in [6, 6.07) is 5.24. The van der Waals surface area contributed by atoms with E-state index < -0.39 is 22.0 Å². The first-order valence-electron chi connectivity index (χ1n) is 5.88. The number of halogens is 1. The average Bonchev–Trinajstić information content (AvgIpc) is 2.36. The van der Waals surface area contributed by atoms with Crippen LogP contribution in [0.15, 0.2) is 33.6 Å². The van der Waals surface area contributed by atoms with Crippen LogP contribution >= 0.6 is 15.9 Å². The molecule has 6 nitrogen and oxygen atoms in total. The molecule has 1 aromatic rings. The lowest BCUT2D eigenvalue weighted by Crippen LogP contribution is -2.49. The van der Waals surface area contributed by atoms with E-state index in [1.165, 1.54) is 19.2 Å². The second kappa shape index (κ2) is 7.16. The summed E-state index contributed by atoms with van der Waals surface area (Å²) in [5.74, 6) is -0.765. The Hall–Kier alpha value is -0.960. The topological polar surface area (TPSA) is 84.5 Å². The van der Waals surface area contributed by atoms with Gasteiger partial charge in [-0.3, -0.25) is 9.63 Å². The van der Waals surface area contributed by atoms with Gasteiger partial charge in [0.25, 0.3) is 5.91 Å². The number of benzene rings is 1. The molecule has 0 aliphatic rings. The summed E-state index contributed by atoms with van der Waals surface area (Å²) in [6.45, 7) is 3.48. The van der Waals surface area contributed by atoms with E-state index in [2.05, 4.69) is 31.0 Å². The minimum absolute atomic E-state index is 0.0940. The van der Waals surface area contributed by atoms with E-state index in [0.717, 1.165) is 4.47 Å². The standard InChI is InChI=1S/C12H17BrN2O4S/c1-8(2)11(12(16)14-19-3)15-20(17,18)10-6-4-9(13)5-7-10/h4-8,11,15H,1-3H3,(H,14,16)/t11-/m0/s1. The predicted octanol–water partition coefficient (Wildman–Crippen LogP) is 1.43. The van der Waals surface area contributed by atoms with Gasteiger partial charge in [0, 0.05) is 4.47 Å². The lowest BCUT2D eigenvalue weighted by atomic mass is 10.1. The molecule has 0 saturated heterocycles. The van der Waals surface area contributed by atoms with Gasteiger partial charge in [-0.25, -0.2) is 13.9 Å². The van der Waals surface area contributed by atoms with Crippen LogP contribution in [0.2, 0.25) is 0 Å². The van der Waals surface area contributed by atoms with Gasteiger partial charge in [-0.15, -0.1) is 0 Å². The molecular weight excluding hydrogens is 348 g/mol. The third kappa shape index (κ3) is 4.55. The molecule has 0 heterocycles. The monoisotopic (exact) mass is 364 g/mol. The van der Waals surface area contributed by atoms with Crippen LogP contribution in [0.4, 0.5) is 0 Å². The number of carbonyl (C=O) groups is 1. The molecule has 0 aromatic heterocycles. The number of hydrogen-bond acceptors (Lipinski definition) is 4. The summed E-state index contributed by atoms with van der Waals surface area (Å²) in [5.41, 5.74) is 2.14. The highest BCUT2D eigenvalue weighted by Gasteiger charge is 2.28. The van der Waals surface area contributed by atoms with Crippen LogP contribution in [0.3, 0.4) is 0 Å². The highest BCUT2D eigenvalue weighted by Crippen LogP contribution is 2.16. The lowest BCUT2D eigenvalue weighted by molar-refractivity contribution is -0.134. The van der Waals surface area contributed by atoms with Crippen LogP contribution in [0.25, 0.3) is 0 Å². The largest absolute Gasteiger partial charge is 0.277 e. The SMILES string of the molecule is CONC(=O)[C@@H](NS(=O)(=O)c1ccc(Br)cc1)C(C)C. The van der Waals surface area contributed by atoms with Crippen molar-refractivity contribution in [3.05, 3.63) is 28.7 Å². The molecule has 0 saturated carbocycles. The second-order valence-electron chi connectivity index (χ2n) is 4.47. The number of hydroxylamine groups is 1. The highest BCUT2D eigenvalue weighted by atomic mass is 79.9. The van der Waals surface area contributed by atoms with Crippen molar-refractivity contribution >= 4 is 31.9 Å². The number of carbonyl (C=O) groups excluding carboxylic acids is 1. The van der Waals surface area contributed by atoms with E-state index >= 15 is 0 Å². The van der Waals surface area contributed by atoms with Crippen molar-refractivity contribution in [2.75, 3.05) is 7.11 Å². The number of amides is 1. The quantitative estimate of drug-likeness (QED) is 0.747. The summed E-state index contributed by atoms with van der Waals surface area (Å²) in [7, 11) is -2.48. The van der Waals surface area contributed by atoms with Crippen LogP contribution in [0, 0.1) is 5.92 Å². The summed E-state index contributed by atoms with van der Waals surface area (Å²) in [6.07, 6.45) is 0. The molecule has 1 amide bonds. The Balaban J connectivity index is 2.97. The number of nitrogens with one attached hydrogen (secondary N) is 2. The van der Waals surface area contributed by atoms with E-state index in [9.17, 15) is 13.2 Å². The van der Waals surface area contributed by atoms with Gasteiger partial charge in [-0.05, 0) is 30.2 Å². The highest BCUT2D eigenvalue weighted by molar-refractivity contribution is 9.10. The predicted molar refractivity (Wildman–Crippen MR) is 78.2 cm³/mol. The molecular formula is C12H17BrN2O4S. The van der Waals surface area contributed by atoms with Crippen molar-refractivity contribution in [3.8, 4) is 0 Å². The Morgan fingerprint density at radius 1 is 1.25 bits per heavy atom. The number of rotatable bonds is 6. The van der Waals surface area contributed by atoms with Crippen LogP contribution < -0.4 is 10.2 Å². The van der Waals surface area contributed by atoms with Crippen molar-refractivity contribution in [1.29, 1.82) is 0 Å². The first-order chi connectivity index (χ1) is 9.27. The molecule has 0 aliphatic heterocycles. The van der Waals surface area contributed by atoms with Crippen molar-refractivity contribution in [2.24, 2.45) is 5.92 Å². The van der Waals surface area contributed by atoms with Gasteiger partial charge in [-0.1, -0.05) is 29.8 Å². The van der Waals surface area contributed by atoms with Gasteiger partial charge in [0.05, 0.1) is 12.0 Å². The zero-order valence-corrected chi connectivity index (χ0v) is 13.8. The van der Waals surface area contributed by atoms with Gasteiger partial charge in [-0.2, -0.15) is 4.72 Å². The Labute approximate surface area is 127 Å². The molecule has 2 N–H and O–H groups in total. The first-order valence-corrected chi connectivity index (χ1v) is 8.16. The fourth-order valence-electron chi connectivity index (χ4n) is 1.51. The van der Waals surface area contributed by atoms with Crippen molar-refractivity contribution in [3.63, 3.8) is 0 Å². The van der Waals surface area contributed by atoms with Crippen LogP contribution in [-0.2, 0) is 19.7 Å². The summed E-state index contributed by atoms with van der Waals surface area (Å²) < 4.78 is 27.6. The third-order valence-electron chi connectivity index (χ3n) is 2.56. The number of sulfonamides is 1. The Morgan fingerprint density at radius 2 is 1.80 bits per heavy atom. The fraction of sp³-hybridized carbons (Fsp3) is 0.417. The smallest absolute Gasteiger partial charge is 0.261 e. The van der Waals surface area contributed by atoms with Crippen LogP contribution in [-0.4, -0.2) is 27.5 Å². The lowest BCUT2D eigenvalue weighted by Gasteiger charge is -2.20. The van der Waals surface area contributed by atoms with Gasteiger partial charge in [0.1, 0.15) is 6.04 Å². The molecule has 0 aliphatic carbocycles. The fourth-order valence-corrected chi connectivity index (χ4v) is 3.11. The van der Waals surface area contributed by atoms with Crippen molar-refractivity contribution in [1.82, 2.24) is 10.2 Å². The minimum atomic E-state index is -3.77. The molecule has 0 radical (unpaired) electrons. The van der Waals surface area contributed by atoms with E-state index in [1.54, 1.807) is 26.0 Å². The summed E-state index contributed by atoms with van der Waals surface area (Å²) in [4.78, 5) is 16.4. The maximum atomic E-state index is 12.2. The molecule has 20 heavy (non-hydrogen) atoms. The molecule has 1 atom stereocenters. The van der Waals surface area contributed by atoms with E-state index in [1.807, 2.05) is 0 Å². The Bertz CT molecular complexity index is 557. The van der Waals surface area contributed by atoms with Gasteiger partial charge >= 0.3 is 0 Å². The molecule has 0 fully saturated rings. The molecule has 1 aromatic carbocycles. The van der Waals surface area contributed by atoms with Crippen LogP contribution in [0.5, 0.6) is 0 Å². The van der Waals surface area contributed by atoms with Gasteiger partial charge in [0.2, 0.25) is 10.0 Å².